The number of aromatic nitrogens is 4. The van der Waals surface area contributed by atoms with Gasteiger partial charge in [-0.25, -0.2) is 15.0 Å². The van der Waals surface area contributed by atoms with Gasteiger partial charge in [0.25, 0.3) is 5.91 Å². The molecule has 0 spiro atoms. The summed E-state index contributed by atoms with van der Waals surface area (Å²) in [6.45, 7) is 1.96. The first-order valence-electron chi connectivity index (χ1n) is 8.21. The topological polar surface area (TPSA) is 122 Å². The van der Waals surface area contributed by atoms with Crippen LogP contribution in [0, 0.1) is 6.92 Å². The van der Waals surface area contributed by atoms with Gasteiger partial charge < -0.3 is 21.4 Å². The number of aromatic amines is 1. The van der Waals surface area contributed by atoms with Crippen LogP contribution < -0.4 is 16.4 Å². The van der Waals surface area contributed by atoms with Gasteiger partial charge in [-0.15, -0.1) is 0 Å². The molecule has 0 aliphatic carbocycles. The van der Waals surface area contributed by atoms with E-state index in [4.69, 9.17) is 5.73 Å². The molecule has 8 nitrogen and oxygen atoms in total. The predicted molar refractivity (Wildman–Crippen MR) is 108 cm³/mol. The number of carbonyl (C=O) groups is 1. The Hall–Kier alpha value is -3.46. The molecule has 0 atom stereocenters. The summed E-state index contributed by atoms with van der Waals surface area (Å²) in [5, 5.41) is 7.98. The van der Waals surface area contributed by atoms with E-state index in [-0.39, 0.29) is 0 Å². The number of fused-ring (bicyclic) bond motifs is 1. The van der Waals surface area contributed by atoms with Gasteiger partial charge in [0.2, 0.25) is 5.95 Å². The molecule has 0 fully saturated rings. The Bertz CT molecular complexity index is 1150. The Balaban J connectivity index is 1.63. The van der Waals surface area contributed by atoms with E-state index in [9.17, 15) is 4.79 Å². The first kappa shape index (κ1) is 17.0. The third-order valence-corrected chi connectivity index (χ3v) is 5.24. The van der Waals surface area contributed by atoms with Gasteiger partial charge in [-0.05, 0) is 37.3 Å². The van der Waals surface area contributed by atoms with E-state index < -0.39 is 5.91 Å². The zero-order valence-corrected chi connectivity index (χ0v) is 15.5. The lowest BCUT2D eigenvalue weighted by Gasteiger charge is -2.06. The molecule has 27 heavy (non-hydrogen) atoms. The summed E-state index contributed by atoms with van der Waals surface area (Å²) in [5.74, 6) is -0.00562. The number of benzene rings is 1. The number of carbonyl (C=O) groups excluding carboxylic acids is 1. The van der Waals surface area contributed by atoms with Gasteiger partial charge in [-0.1, -0.05) is 11.3 Å². The average Bonchev–Trinajstić information content (AvgIpc) is 3.25. The summed E-state index contributed by atoms with van der Waals surface area (Å²) in [6, 6.07) is 9.25. The number of amides is 1. The van der Waals surface area contributed by atoms with Gasteiger partial charge in [0.1, 0.15) is 5.69 Å². The van der Waals surface area contributed by atoms with E-state index in [1.54, 1.807) is 23.6 Å². The number of thiazole rings is 1. The molecule has 9 heteroatoms. The summed E-state index contributed by atoms with van der Waals surface area (Å²) in [5.41, 5.74) is 9.07. The van der Waals surface area contributed by atoms with Crippen LogP contribution in [0.1, 0.15) is 16.2 Å². The minimum atomic E-state index is -0.488. The highest BCUT2D eigenvalue weighted by molar-refractivity contribution is 7.19. The van der Waals surface area contributed by atoms with Crippen molar-refractivity contribution in [2.45, 2.75) is 6.92 Å². The molecule has 1 amide bonds. The maximum Gasteiger partial charge on any atom is 0.265 e. The van der Waals surface area contributed by atoms with Crippen molar-refractivity contribution in [1.29, 1.82) is 0 Å². The number of hydrogen-bond donors (Lipinski definition) is 4. The average molecular weight is 379 g/mol. The van der Waals surface area contributed by atoms with Crippen molar-refractivity contribution in [3.63, 3.8) is 0 Å². The maximum atomic E-state index is 11.3. The number of nitrogens with zero attached hydrogens (tertiary/aromatic N) is 3. The van der Waals surface area contributed by atoms with Crippen molar-refractivity contribution in [1.82, 2.24) is 19.9 Å². The predicted octanol–water partition coefficient (Wildman–Crippen LogP) is 3.27. The zero-order chi connectivity index (χ0) is 19.0. The molecule has 1 aromatic carbocycles. The smallest absolute Gasteiger partial charge is 0.265 e. The van der Waals surface area contributed by atoms with Crippen LogP contribution in [0.25, 0.3) is 21.5 Å². The first-order chi connectivity index (χ1) is 13.0. The van der Waals surface area contributed by atoms with E-state index in [1.807, 2.05) is 38.2 Å². The summed E-state index contributed by atoms with van der Waals surface area (Å²) in [7, 11) is 1.84. The third kappa shape index (κ3) is 3.32. The number of primary amides is 1. The monoisotopic (exact) mass is 379 g/mol. The van der Waals surface area contributed by atoms with E-state index in [0.29, 0.717) is 11.6 Å². The van der Waals surface area contributed by atoms with Gasteiger partial charge in [0.05, 0.1) is 16.3 Å². The van der Waals surface area contributed by atoms with Crippen molar-refractivity contribution >= 4 is 44.9 Å². The number of nitrogens with two attached hydrogens (primary N) is 1. The minimum Gasteiger partial charge on any atom is -0.365 e. The van der Waals surface area contributed by atoms with Crippen LogP contribution in [0.4, 0.5) is 16.8 Å². The van der Waals surface area contributed by atoms with Crippen LogP contribution in [-0.4, -0.2) is 32.9 Å². The Morgan fingerprint density at radius 1 is 1.22 bits per heavy atom. The van der Waals surface area contributed by atoms with E-state index in [2.05, 4.69) is 30.6 Å². The molecule has 4 aromatic rings. The lowest BCUT2D eigenvalue weighted by molar-refractivity contribution is 0.0996. The van der Waals surface area contributed by atoms with Crippen LogP contribution in [0.15, 0.2) is 36.5 Å². The van der Waals surface area contributed by atoms with Gasteiger partial charge >= 0.3 is 0 Å². The first-order valence-corrected chi connectivity index (χ1v) is 9.03. The second-order valence-corrected chi connectivity index (χ2v) is 6.92. The number of rotatable bonds is 5. The molecule has 0 saturated heterocycles. The fraction of sp³-hybridized carbons (Fsp3) is 0.111. The fourth-order valence-electron chi connectivity index (χ4n) is 2.76. The third-order valence-electron chi connectivity index (χ3n) is 4.04. The maximum absolute atomic E-state index is 11.3. The van der Waals surface area contributed by atoms with E-state index >= 15 is 0 Å². The molecule has 0 bridgehead atoms. The van der Waals surface area contributed by atoms with Gasteiger partial charge in [-0.3, -0.25) is 4.79 Å². The summed E-state index contributed by atoms with van der Waals surface area (Å²) >= 11 is 1.55. The molecular weight excluding hydrogens is 362 g/mol. The number of H-pyrrole nitrogens is 1. The van der Waals surface area contributed by atoms with Crippen LogP contribution in [0.5, 0.6) is 0 Å². The Morgan fingerprint density at radius 2 is 2.07 bits per heavy atom. The van der Waals surface area contributed by atoms with Crippen LogP contribution >= 0.6 is 11.3 Å². The Kier molecular flexibility index (Phi) is 4.21. The molecule has 0 saturated carbocycles. The van der Waals surface area contributed by atoms with Crippen molar-refractivity contribution in [2.75, 3.05) is 17.7 Å². The van der Waals surface area contributed by atoms with Crippen LogP contribution in [-0.2, 0) is 0 Å². The van der Waals surface area contributed by atoms with E-state index in [0.717, 1.165) is 38.0 Å². The van der Waals surface area contributed by atoms with Gasteiger partial charge in [0, 0.05) is 29.8 Å². The molecule has 3 heterocycles. The standard InChI is InChI=1S/C18H17N7OS/c1-9-15(27-18(20-2)22-9)13-5-6-21-17(25-13)23-11-3-4-12-10(7-11)8-14(24-12)16(19)26/h3-8,24H,1-2H3,(H2,19,26)(H,20,22)(H,21,23,25). The second kappa shape index (κ2) is 6.69. The zero-order valence-electron chi connectivity index (χ0n) is 14.7. The lowest BCUT2D eigenvalue weighted by Crippen LogP contribution is -2.10. The molecule has 0 aliphatic heterocycles. The van der Waals surface area contributed by atoms with E-state index in [1.165, 1.54) is 0 Å². The molecule has 4 rings (SSSR count). The number of nitrogens with one attached hydrogen (secondary N) is 3. The minimum absolute atomic E-state index is 0.376. The Morgan fingerprint density at radius 3 is 2.81 bits per heavy atom. The second-order valence-electron chi connectivity index (χ2n) is 5.92. The highest BCUT2D eigenvalue weighted by atomic mass is 32.1. The molecule has 0 aliphatic rings. The van der Waals surface area contributed by atoms with Crippen LogP contribution in [0.2, 0.25) is 0 Å². The normalized spacial score (nSPS) is 10.9. The number of aryl methyl sites for hydroxylation is 1. The quantitative estimate of drug-likeness (QED) is 0.422. The molecule has 0 unspecified atom stereocenters. The fourth-order valence-corrected chi connectivity index (χ4v) is 3.65. The largest absolute Gasteiger partial charge is 0.365 e. The highest BCUT2D eigenvalue weighted by Crippen LogP contribution is 2.31. The summed E-state index contributed by atoms with van der Waals surface area (Å²) in [4.78, 5) is 28.6. The van der Waals surface area contributed by atoms with Gasteiger partial charge in [0.15, 0.2) is 5.13 Å². The van der Waals surface area contributed by atoms with Crippen molar-refractivity contribution in [3.05, 3.63) is 47.9 Å². The Labute approximate surface area is 158 Å². The number of hydrogen-bond acceptors (Lipinski definition) is 7. The molecule has 5 N–H and O–H groups in total. The van der Waals surface area contributed by atoms with Gasteiger partial charge in [-0.2, -0.15) is 0 Å². The van der Waals surface area contributed by atoms with Crippen molar-refractivity contribution in [3.8, 4) is 10.6 Å². The molecule has 3 aromatic heterocycles. The van der Waals surface area contributed by atoms with Crippen LogP contribution in [0.3, 0.4) is 0 Å². The summed E-state index contributed by atoms with van der Waals surface area (Å²) < 4.78 is 0. The van der Waals surface area contributed by atoms with Crippen molar-refractivity contribution < 1.29 is 4.79 Å². The van der Waals surface area contributed by atoms with Crippen molar-refractivity contribution in [2.24, 2.45) is 5.73 Å². The highest BCUT2D eigenvalue weighted by Gasteiger charge is 2.12. The SMILES string of the molecule is CNc1nc(C)c(-c2ccnc(Nc3ccc4[nH]c(C(N)=O)cc4c3)n2)s1. The summed E-state index contributed by atoms with van der Waals surface area (Å²) in [6.07, 6.45) is 1.71. The molecular formula is C18H17N7OS. The molecule has 136 valence electrons. The lowest BCUT2D eigenvalue weighted by atomic mass is 10.2. The number of anilines is 3. The molecule has 0 radical (unpaired) electrons.